The van der Waals surface area contributed by atoms with Crippen LogP contribution >= 0.6 is 0 Å². The lowest BCUT2D eigenvalue weighted by molar-refractivity contribution is -0.169. The van der Waals surface area contributed by atoms with E-state index in [1.165, 1.54) is 0 Å². The van der Waals surface area contributed by atoms with Gasteiger partial charge in [0, 0.05) is 12.1 Å². The third-order valence-electron chi connectivity index (χ3n) is 7.06. The zero-order chi connectivity index (χ0) is 28.9. The van der Waals surface area contributed by atoms with E-state index in [1.807, 2.05) is 0 Å². The topological polar surface area (TPSA) is 186 Å². The highest BCUT2D eigenvalue weighted by Gasteiger charge is 2.40. The first-order valence-electron chi connectivity index (χ1n) is 12.6. The van der Waals surface area contributed by atoms with Gasteiger partial charge in [0.15, 0.2) is 13.5 Å². The van der Waals surface area contributed by atoms with Gasteiger partial charge >= 0.3 is 11.9 Å². The minimum atomic E-state index is -0.863. The van der Waals surface area contributed by atoms with E-state index >= 15 is 0 Å². The lowest BCUT2D eigenvalue weighted by Crippen LogP contribution is -2.63. The molecule has 4 N–H and O–H groups in total. The second-order valence-electron chi connectivity index (χ2n) is 10.4. The summed E-state index contributed by atoms with van der Waals surface area (Å²) in [5.74, 6) is -3.87. The molecular formula is C24H40N6O8. The minimum Gasteiger partial charge on any atom is -0.443 e. The number of hydrogen-bond donors (Lipinski definition) is 2. The lowest BCUT2D eigenvalue weighted by atomic mass is 10.1. The maximum atomic E-state index is 12.7. The largest absolute Gasteiger partial charge is 0.443 e. The SMILES string of the molecule is CC(C)[C@H](N)C(=O)OCN1C(=O)CN([C@H](C)[C@H](C)N2CC(=O)N(COC(=O)[C@@H](N)C(C)C)C(=O)C2)CC1=O. The van der Waals surface area contributed by atoms with Gasteiger partial charge in [-0.3, -0.25) is 38.6 Å². The van der Waals surface area contributed by atoms with Gasteiger partial charge < -0.3 is 20.9 Å². The van der Waals surface area contributed by atoms with Crippen molar-refractivity contribution in [3.8, 4) is 0 Å². The summed E-state index contributed by atoms with van der Waals surface area (Å²) in [6.45, 7) is 9.13. The Bertz CT molecular complexity index is 831. The fourth-order valence-electron chi connectivity index (χ4n) is 3.89. The van der Waals surface area contributed by atoms with Crippen molar-refractivity contribution in [1.82, 2.24) is 19.6 Å². The van der Waals surface area contributed by atoms with Crippen LogP contribution in [0.5, 0.6) is 0 Å². The van der Waals surface area contributed by atoms with E-state index < -0.39 is 61.1 Å². The van der Waals surface area contributed by atoms with Crippen LogP contribution in [0.4, 0.5) is 0 Å². The Labute approximate surface area is 222 Å². The number of piperazine rings is 2. The van der Waals surface area contributed by atoms with Crippen molar-refractivity contribution in [2.24, 2.45) is 23.3 Å². The van der Waals surface area contributed by atoms with Crippen LogP contribution in [0.1, 0.15) is 41.5 Å². The smallest absolute Gasteiger partial charge is 0.324 e. The van der Waals surface area contributed by atoms with Crippen molar-refractivity contribution in [1.29, 1.82) is 0 Å². The van der Waals surface area contributed by atoms with Crippen LogP contribution in [0.2, 0.25) is 0 Å². The summed E-state index contributed by atoms with van der Waals surface area (Å²) in [4.78, 5) is 79.6. The zero-order valence-electron chi connectivity index (χ0n) is 22.9. The van der Waals surface area contributed by atoms with Crippen LogP contribution in [0.25, 0.3) is 0 Å². The maximum absolute atomic E-state index is 12.7. The van der Waals surface area contributed by atoms with Crippen LogP contribution in [-0.2, 0) is 38.2 Å². The molecule has 14 heteroatoms. The molecule has 0 aromatic heterocycles. The summed E-state index contributed by atoms with van der Waals surface area (Å²) >= 11 is 0. The van der Waals surface area contributed by atoms with Gasteiger partial charge in [-0.05, 0) is 25.7 Å². The molecule has 14 nitrogen and oxygen atoms in total. The first kappa shape index (κ1) is 31.3. The molecule has 2 aliphatic rings. The Hall–Kier alpha value is -2.94. The van der Waals surface area contributed by atoms with E-state index in [2.05, 4.69) is 0 Å². The van der Waals surface area contributed by atoms with Crippen molar-refractivity contribution in [3.05, 3.63) is 0 Å². The highest BCUT2D eigenvalue weighted by Crippen LogP contribution is 2.18. The number of carbonyl (C=O) groups excluding carboxylic acids is 6. The van der Waals surface area contributed by atoms with Crippen LogP contribution in [0, 0.1) is 11.8 Å². The van der Waals surface area contributed by atoms with Crippen molar-refractivity contribution in [2.45, 2.75) is 65.7 Å². The van der Waals surface area contributed by atoms with E-state index in [0.717, 1.165) is 9.80 Å². The molecule has 0 spiro atoms. The van der Waals surface area contributed by atoms with Gasteiger partial charge in [0.2, 0.25) is 23.6 Å². The predicted octanol–water partition coefficient (Wildman–Crippen LogP) is -1.93. The summed E-state index contributed by atoms with van der Waals surface area (Å²) in [5.41, 5.74) is 11.5. The van der Waals surface area contributed by atoms with Crippen LogP contribution in [0.15, 0.2) is 0 Å². The van der Waals surface area contributed by atoms with E-state index in [0.29, 0.717) is 0 Å². The molecule has 214 valence electrons. The van der Waals surface area contributed by atoms with Gasteiger partial charge in [0.05, 0.1) is 26.2 Å². The minimum absolute atomic E-state index is 0.112. The monoisotopic (exact) mass is 540 g/mol. The van der Waals surface area contributed by atoms with E-state index in [1.54, 1.807) is 51.3 Å². The Morgan fingerprint density at radius 2 is 0.895 bits per heavy atom. The van der Waals surface area contributed by atoms with E-state index in [-0.39, 0.29) is 50.1 Å². The van der Waals surface area contributed by atoms with Crippen molar-refractivity contribution in [3.63, 3.8) is 0 Å². The molecule has 0 bridgehead atoms. The number of rotatable bonds is 11. The Morgan fingerprint density at radius 3 is 1.13 bits per heavy atom. The van der Waals surface area contributed by atoms with Crippen molar-refractivity contribution >= 4 is 35.6 Å². The molecule has 38 heavy (non-hydrogen) atoms. The molecule has 0 aromatic rings. The summed E-state index contributed by atoms with van der Waals surface area (Å²) in [7, 11) is 0. The number of amides is 4. The Morgan fingerprint density at radius 1 is 0.632 bits per heavy atom. The van der Waals surface area contributed by atoms with E-state index in [4.69, 9.17) is 20.9 Å². The molecule has 0 aliphatic carbocycles. The molecule has 0 saturated carbocycles. The molecule has 4 amide bonds. The number of esters is 2. The van der Waals surface area contributed by atoms with E-state index in [9.17, 15) is 28.8 Å². The van der Waals surface area contributed by atoms with Gasteiger partial charge in [0.1, 0.15) is 12.1 Å². The number of nitrogens with zero attached hydrogens (tertiary/aromatic N) is 4. The van der Waals surface area contributed by atoms with Gasteiger partial charge in [-0.1, -0.05) is 27.7 Å². The Kier molecular flexibility index (Phi) is 10.9. The fourth-order valence-corrected chi connectivity index (χ4v) is 3.89. The molecule has 0 radical (unpaired) electrons. The molecular weight excluding hydrogens is 500 g/mol. The number of carbonyl (C=O) groups is 6. The quantitative estimate of drug-likeness (QED) is 0.219. The normalized spacial score (nSPS) is 21.1. The molecule has 2 aliphatic heterocycles. The third kappa shape index (κ3) is 7.56. The van der Waals surface area contributed by atoms with Crippen molar-refractivity contribution in [2.75, 3.05) is 39.6 Å². The molecule has 0 unspecified atom stereocenters. The third-order valence-corrected chi connectivity index (χ3v) is 7.06. The van der Waals surface area contributed by atoms with Crippen molar-refractivity contribution < 1.29 is 38.2 Å². The summed E-state index contributed by atoms with van der Waals surface area (Å²) < 4.78 is 10.1. The highest BCUT2D eigenvalue weighted by atomic mass is 16.6. The number of imide groups is 2. The summed E-state index contributed by atoms with van der Waals surface area (Å²) in [6, 6.07) is -2.48. The number of ether oxygens (including phenoxy) is 2. The maximum Gasteiger partial charge on any atom is 0.324 e. The fraction of sp³-hybridized carbons (Fsp3) is 0.750. The van der Waals surface area contributed by atoms with Crippen LogP contribution < -0.4 is 11.5 Å². The first-order chi connectivity index (χ1) is 17.6. The zero-order valence-corrected chi connectivity index (χ0v) is 22.9. The Balaban J connectivity index is 1.92. The highest BCUT2D eigenvalue weighted by molar-refractivity contribution is 6.00. The van der Waals surface area contributed by atoms with Crippen LogP contribution in [-0.4, -0.2) is 119 Å². The van der Waals surface area contributed by atoms with Gasteiger partial charge in [-0.2, -0.15) is 0 Å². The second kappa shape index (κ2) is 13.2. The average molecular weight is 541 g/mol. The molecule has 4 atom stereocenters. The van der Waals surface area contributed by atoms with Crippen LogP contribution in [0.3, 0.4) is 0 Å². The molecule has 0 aromatic carbocycles. The molecule has 2 rings (SSSR count). The number of hydrogen-bond acceptors (Lipinski definition) is 12. The van der Waals surface area contributed by atoms with Gasteiger partial charge in [0.25, 0.3) is 0 Å². The molecule has 2 saturated heterocycles. The first-order valence-corrected chi connectivity index (χ1v) is 12.6. The second-order valence-corrected chi connectivity index (χ2v) is 10.4. The molecule has 2 fully saturated rings. The molecule has 2 heterocycles. The average Bonchev–Trinajstić information content (AvgIpc) is 2.84. The van der Waals surface area contributed by atoms with Gasteiger partial charge in [-0.15, -0.1) is 0 Å². The lowest BCUT2D eigenvalue weighted by Gasteiger charge is -2.43. The predicted molar refractivity (Wildman–Crippen MR) is 133 cm³/mol. The standard InChI is InChI=1S/C24H40N6O8/c1-13(2)21(25)23(35)37-11-29-17(31)7-27(8-18(29)32)15(5)16(6)28-9-19(33)30(20(34)10-28)12-38-24(36)22(26)14(3)4/h13-16,21-22H,7-12,25-26H2,1-6H3/t15-,16+,21-,22-/m0/s1. The summed E-state index contributed by atoms with van der Waals surface area (Å²) in [5, 5.41) is 0. The van der Waals surface area contributed by atoms with Gasteiger partial charge in [-0.25, -0.2) is 9.80 Å². The summed E-state index contributed by atoms with van der Waals surface area (Å²) in [6.07, 6.45) is 0. The number of nitrogens with two attached hydrogens (primary N) is 2.